The first kappa shape index (κ1) is 30.3. The van der Waals surface area contributed by atoms with E-state index >= 15 is 0 Å². The van der Waals surface area contributed by atoms with E-state index in [0.29, 0.717) is 34.3 Å². The first-order chi connectivity index (χ1) is 18.7. The van der Waals surface area contributed by atoms with Crippen LogP contribution in [0.1, 0.15) is 51.3 Å². The molecule has 2 aromatic carbocycles. The van der Waals surface area contributed by atoms with Crippen molar-refractivity contribution in [2.24, 2.45) is 0 Å². The van der Waals surface area contributed by atoms with Gasteiger partial charge in [0, 0.05) is 23.1 Å². The van der Waals surface area contributed by atoms with Gasteiger partial charge in [-0.15, -0.1) is 11.3 Å². The second-order valence-corrected chi connectivity index (χ2v) is 12.8. The van der Waals surface area contributed by atoms with Gasteiger partial charge in [-0.05, 0) is 37.8 Å². The molecule has 1 amide bonds. The number of rotatable bonds is 15. The monoisotopic (exact) mass is 572 g/mol. The molecule has 0 fully saturated rings. The van der Waals surface area contributed by atoms with Crippen LogP contribution in [-0.4, -0.2) is 62.3 Å². The Hall–Kier alpha value is -3.24. The highest BCUT2D eigenvalue weighted by atomic mass is 32.2. The molecule has 3 rings (SSSR count). The Balaban J connectivity index is 1.79. The van der Waals surface area contributed by atoms with Gasteiger partial charge in [-0.25, -0.2) is 13.4 Å². The number of aromatic nitrogens is 1. The SMILES string of the molecule is CCCS(=O)(=O)CC(=O)c1nc(CN(CCCc2ccccc2)C(=O)Cc2ccc(OC)cc2OC)sc1C. The van der Waals surface area contributed by atoms with Crippen LogP contribution in [-0.2, 0) is 34.0 Å². The van der Waals surface area contributed by atoms with E-state index in [9.17, 15) is 18.0 Å². The van der Waals surface area contributed by atoms with Crippen molar-refractivity contribution in [1.29, 1.82) is 0 Å². The number of sulfone groups is 1. The molecule has 1 aromatic heterocycles. The first-order valence-electron chi connectivity index (χ1n) is 12.9. The fourth-order valence-electron chi connectivity index (χ4n) is 4.28. The first-order valence-corrected chi connectivity index (χ1v) is 15.5. The molecule has 0 aliphatic rings. The smallest absolute Gasteiger partial charge is 0.227 e. The summed E-state index contributed by atoms with van der Waals surface area (Å²) in [5.41, 5.74) is 2.10. The van der Waals surface area contributed by atoms with Gasteiger partial charge in [-0.2, -0.15) is 0 Å². The molecule has 0 saturated carbocycles. The lowest BCUT2D eigenvalue weighted by Crippen LogP contribution is -2.33. The predicted octanol–water partition coefficient (Wildman–Crippen LogP) is 4.68. The van der Waals surface area contributed by atoms with Gasteiger partial charge >= 0.3 is 0 Å². The van der Waals surface area contributed by atoms with Gasteiger partial charge in [-0.1, -0.05) is 43.3 Å². The summed E-state index contributed by atoms with van der Waals surface area (Å²) in [5.74, 6) is 0.0123. The van der Waals surface area contributed by atoms with Crippen LogP contribution in [0.4, 0.5) is 0 Å². The molecule has 3 aromatic rings. The van der Waals surface area contributed by atoms with Crippen molar-refractivity contribution in [3.8, 4) is 11.5 Å². The normalized spacial score (nSPS) is 11.3. The predicted molar refractivity (Wildman–Crippen MR) is 154 cm³/mol. The number of nitrogens with zero attached hydrogens (tertiary/aromatic N) is 2. The zero-order valence-corrected chi connectivity index (χ0v) is 24.6. The standard InChI is InChI=1S/C29H36N2O6S2/c1-5-16-39(34,35)20-25(32)29-21(2)38-27(30-29)19-31(15-9-12-22-10-7-6-8-11-22)28(33)17-23-13-14-24(36-3)18-26(23)37-4/h6-8,10-11,13-14,18H,5,9,12,15-17,19-20H2,1-4H3. The Morgan fingerprint density at radius 2 is 1.79 bits per heavy atom. The van der Waals surface area contributed by atoms with Gasteiger partial charge in [0.15, 0.2) is 15.6 Å². The van der Waals surface area contributed by atoms with Crippen LogP contribution in [0.3, 0.4) is 0 Å². The summed E-state index contributed by atoms with van der Waals surface area (Å²) in [6.07, 6.45) is 2.15. The largest absolute Gasteiger partial charge is 0.497 e. The molecule has 10 heteroatoms. The quantitative estimate of drug-likeness (QED) is 0.244. The Kier molecular flexibility index (Phi) is 11.1. The molecule has 8 nitrogen and oxygen atoms in total. The maximum atomic E-state index is 13.5. The highest BCUT2D eigenvalue weighted by Gasteiger charge is 2.24. The third kappa shape index (κ3) is 8.90. The fourth-order valence-corrected chi connectivity index (χ4v) is 6.54. The third-order valence-corrected chi connectivity index (χ3v) is 8.91. The van der Waals surface area contributed by atoms with Crippen molar-refractivity contribution in [2.75, 3.05) is 32.3 Å². The molecule has 0 spiro atoms. The second-order valence-electron chi connectivity index (χ2n) is 9.29. The van der Waals surface area contributed by atoms with Gasteiger partial charge in [0.1, 0.15) is 28.0 Å². The van der Waals surface area contributed by atoms with Crippen molar-refractivity contribution in [3.63, 3.8) is 0 Å². The van der Waals surface area contributed by atoms with Crippen molar-refractivity contribution in [3.05, 3.63) is 75.2 Å². The molecule has 39 heavy (non-hydrogen) atoms. The molecular weight excluding hydrogens is 536 g/mol. The zero-order valence-electron chi connectivity index (χ0n) is 22.9. The molecule has 0 aliphatic carbocycles. The topological polar surface area (TPSA) is 103 Å². The van der Waals surface area contributed by atoms with Gasteiger partial charge in [0.25, 0.3) is 0 Å². The van der Waals surface area contributed by atoms with Gasteiger partial charge < -0.3 is 14.4 Å². The highest BCUT2D eigenvalue weighted by Crippen LogP contribution is 2.26. The molecular formula is C29H36N2O6S2. The number of ketones is 1. The minimum atomic E-state index is -3.48. The number of thiazole rings is 1. The maximum Gasteiger partial charge on any atom is 0.227 e. The van der Waals surface area contributed by atoms with E-state index < -0.39 is 21.4 Å². The molecule has 0 saturated heterocycles. The van der Waals surface area contributed by atoms with E-state index in [0.717, 1.165) is 18.4 Å². The van der Waals surface area contributed by atoms with Gasteiger partial charge in [0.05, 0.1) is 32.9 Å². The lowest BCUT2D eigenvalue weighted by molar-refractivity contribution is -0.131. The third-order valence-electron chi connectivity index (χ3n) is 6.22. The summed E-state index contributed by atoms with van der Waals surface area (Å²) in [4.78, 5) is 33.1. The number of carbonyl (C=O) groups excluding carboxylic acids is 2. The molecule has 0 unspecified atom stereocenters. The number of benzene rings is 2. The zero-order chi connectivity index (χ0) is 28.4. The van der Waals surface area contributed by atoms with E-state index in [1.165, 1.54) is 16.9 Å². The average molecular weight is 573 g/mol. The number of aryl methyl sites for hydroxylation is 2. The van der Waals surface area contributed by atoms with Crippen LogP contribution in [0.25, 0.3) is 0 Å². The minimum absolute atomic E-state index is 0.0344. The number of hydrogen-bond donors (Lipinski definition) is 0. The van der Waals surface area contributed by atoms with E-state index in [-0.39, 0.29) is 30.3 Å². The molecule has 0 radical (unpaired) electrons. The number of carbonyl (C=O) groups is 2. The Labute approximate surface area is 234 Å². The van der Waals surface area contributed by atoms with E-state index in [1.54, 1.807) is 45.1 Å². The molecule has 0 atom stereocenters. The number of ether oxygens (including phenoxy) is 2. The van der Waals surface area contributed by atoms with Crippen LogP contribution < -0.4 is 9.47 Å². The number of hydrogen-bond acceptors (Lipinski definition) is 8. The summed E-state index contributed by atoms with van der Waals surface area (Å²) < 4.78 is 35.1. The van der Waals surface area contributed by atoms with E-state index in [4.69, 9.17) is 9.47 Å². The maximum absolute atomic E-state index is 13.5. The van der Waals surface area contributed by atoms with Crippen molar-refractivity contribution in [2.45, 2.75) is 46.1 Å². The number of Topliss-reactive ketones (excluding diaryl/α,β-unsaturated/α-hetero) is 1. The van der Waals surface area contributed by atoms with Crippen LogP contribution in [0.15, 0.2) is 48.5 Å². The molecule has 210 valence electrons. The van der Waals surface area contributed by atoms with E-state index in [1.807, 2.05) is 24.3 Å². The summed E-state index contributed by atoms with van der Waals surface area (Å²) in [6.45, 7) is 4.25. The molecule has 0 aliphatic heterocycles. The van der Waals surface area contributed by atoms with Crippen LogP contribution >= 0.6 is 11.3 Å². The van der Waals surface area contributed by atoms with Gasteiger partial charge in [-0.3, -0.25) is 9.59 Å². The van der Waals surface area contributed by atoms with Crippen LogP contribution in [0.2, 0.25) is 0 Å². The molecule has 1 heterocycles. The van der Waals surface area contributed by atoms with E-state index in [2.05, 4.69) is 17.1 Å². The summed E-state index contributed by atoms with van der Waals surface area (Å²) in [5, 5.41) is 0.596. The molecule has 0 N–H and O–H groups in total. The number of methoxy groups -OCH3 is 2. The van der Waals surface area contributed by atoms with Crippen LogP contribution in [0, 0.1) is 6.92 Å². The highest BCUT2D eigenvalue weighted by molar-refractivity contribution is 7.92. The summed E-state index contributed by atoms with van der Waals surface area (Å²) in [6, 6.07) is 15.4. The Morgan fingerprint density at radius 3 is 2.46 bits per heavy atom. The number of amides is 1. The fraction of sp³-hybridized carbons (Fsp3) is 0.414. The molecule has 0 bridgehead atoms. The van der Waals surface area contributed by atoms with Crippen molar-refractivity contribution >= 4 is 32.9 Å². The lowest BCUT2D eigenvalue weighted by atomic mass is 10.1. The second kappa shape index (κ2) is 14.2. The average Bonchev–Trinajstić information content (AvgIpc) is 3.28. The summed E-state index contributed by atoms with van der Waals surface area (Å²) in [7, 11) is -0.353. The van der Waals surface area contributed by atoms with Crippen molar-refractivity contribution in [1.82, 2.24) is 9.88 Å². The van der Waals surface area contributed by atoms with Crippen molar-refractivity contribution < 1.29 is 27.5 Å². The lowest BCUT2D eigenvalue weighted by Gasteiger charge is -2.22. The Morgan fingerprint density at radius 1 is 1.05 bits per heavy atom. The Bertz CT molecular complexity index is 1370. The van der Waals surface area contributed by atoms with Crippen LogP contribution in [0.5, 0.6) is 11.5 Å². The summed E-state index contributed by atoms with van der Waals surface area (Å²) >= 11 is 1.31. The minimum Gasteiger partial charge on any atom is -0.497 e. The van der Waals surface area contributed by atoms with Gasteiger partial charge in [0.2, 0.25) is 5.91 Å².